The van der Waals surface area contributed by atoms with Crippen LogP contribution in [0.5, 0.6) is 0 Å². The minimum absolute atomic E-state index is 0.137. The lowest BCUT2D eigenvalue weighted by molar-refractivity contribution is 0.0692. The highest BCUT2D eigenvalue weighted by Gasteiger charge is 2.23. The molecule has 1 aromatic heterocycles. The molecular formula is C11H14N2O3. The smallest absolute Gasteiger partial charge is 0.341 e. The molecule has 5 nitrogen and oxygen atoms in total. The van der Waals surface area contributed by atoms with Gasteiger partial charge in [0, 0.05) is 0 Å². The van der Waals surface area contributed by atoms with E-state index in [4.69, 9.17) is 5.11 Å². The SMILES string of the molecule is O=C(O)c1c(C2CCCCC2)cn[nH]c1=O. The van der Waals surface area contributed by atoms with Crippen molar-refractivity contribution in [3.63, 3.8) is 0 Å². The normalized spacial score (nSPS) is 17.2. The van der Waals surface area contributed by atoms with Gasteiger partial charge in [0.15, 0.2) is 0 Å². The fraction of sp³-hybridized carbons (Fsp3) is 0.545. The largest absolute Gasteiger partial charge is 0.477 e. The minimum atomic E-state index is -1.16. The van der Waals surface area contributed by atoms with Crippen molar-refractivity contribution in [2.24, 2.45) is 0 Å². The second-order valence-corrected chi connectivity index (χ2v) is 4.17. The molecule has 0 amide bonds. The second-order valence-electron chi connectivity index (χ2n) is 4.17. The summed E-state index contributed by atoms with van der Waals surface area (Å²) in [7, 11) is 0. The van der Waals surface area contributed by atoms with Crippen molar-refractivity contribution in [1.82, 2.24) is 10.2 Å². The molecule has 5 heteroatoms. The standard InChI is InChI=1S/C11H14N2O3/c14-10-9(11(15)16)8(6-12-13-10)7-4-2-1-3-5-7/h6-7H,1-5H2,(H,13,14)(H,15,16). The Labute approximate surface area is 92.5 Å². The molecule has 86 valence electrons. The number of hydrogen-bond acceptors (Lipinski definition) is 3. The quantitative estimate of drug-likeness (QED) is 0.794. The predicted octanol–water partition coefficient (Wildman–Crippen LogP) is 1.52. The van der Waals surface area contributed by atoms with Crippen molar-refractivity contribution in [2.45, 2.75) is 38.0 Å². The van der Waals surface area contributed by atoms with E-state index >= 15 is 0 Å². The topological polar surface area (TPSA) is 83.0 Å². The van der Waals surface area contributed by atoms with Gasteiger partial charge < -0.3 is 5.11 Å². The lowest BCUT2D eigenvalue weighted by Crippen LogP contribution is -2.23. The van der Waals surface area contributed by atoms with Crippen molar-refractivity contribution in [3.05, 3.63) is 27.7 Å². The summed E-state index contributed by atoms with van der Waals surface area (Å²) in [6, 6.07) is 0. The molecule has 1 saturated carbocycles. The average Bonchev–Trinajstić information content (AvgIpc) is 2.29. The molecule has 1 heterocycles. The number of aromatic nitrogens is 2. The molecule has 0 saturated heterocycles. The molecule has 0 aromatic carbocycles. The van der Waals surface area contributed by atoms with Crippen LogP contribution in [0.3, 0.4) is 0 Å². The molecule has 0 bridgehead atoms. The van der Waals surface area contributed by atoms with E-state index in [0.717, 1.165) is 25.7 Å². The number of carboxylic acid groups (broad SMARTS) is 1. The highest BCUT2D eigenvalue weighted by Crippen LogP contribution is 2.32. The lowest BCUT2D eigenvalue weighted by Gasteiger charge is -2.22. The molecular weight excluding hydrogens is 208 g/mol. The van der Waals surface area contributed by atoms with Crippen LogP contribution >= 0.6 is 0 Å². The molecule has 1 aliphatic carbocycles. The maximum Gasteiger partial charge on any atom is 0.341 e. The fourth-order valence-electron chi connectivity index (χ4n) is 2.36. The summed E-state index contributed by atoms with van der Waals surface area (Å²) in [4.78, 5) is 22.5. The van der Waals surface area contributed by atoms with Crippen LogP contribution in [0.1, 0.15) is 53.9 Å². The van der Waals surface area contributed by atoms with Gasteiger partial charge in [-0.2, -0.15) is 5.10 Å². The molecule has 0 atom stereocenters. The van der Waals surface area contributed by atoms with Crippen molar-refractivity contribution < 1.29 is 9.90 Å². The Bertz CT molecular complexity index is 447. The van der Waals surface area contributed by atoms with Crippen LogP contribution in [0.4, 0.5) is 0 Å². The summed E-state index contributed by atoms with van der Waals surface area (Å²) in [6.45, 7) is 0. The third-order valence-electron chi connectivity index (χ3n) is 3.14. The van der Waals surface area contributed by atoms with E-state index in [2.05, 4.69) is 10.2 Å². The first-order chi connectivity index (χ1) is 7.70. The number of carbonyl (C=O) groups is 1. The lowest BCUT2D eigenvalue weighted by atomic mass is 9.83. The van der Waals surface area contributed by atoms with E-state index in [9.17, 15) is 9.59 Å². The Morgan fingerprint density at radius 1 is 1.38 bits per heavy atom. The number of H-pyrrole nitrogens is 1. The van der Waals surface area contributed by atoms with Gasteiger partial charge in [-0.05, 0) is 24.3 Å². The van der Waals surface area contributed by atoms with E-state index in [0.29, 0.717) is 5.56 Å². The first-order valence-corrected chi connectivity index (χ1v) is 5.51. The number of carboxylic acids is 1. The maximum atomic E-state index is 11.4. The van der Waals surface area contributed by atoms with Crippen LogP contribution in [-0.4, -0.2) is 21.3 Å². The summed E-state index contributed by atoms with van der Waals surface area (Å²) in [5, 5.41) is 14.9. The van der Waals surface area contributed by atoms with Crippen molar-refractivity contribution in [3.8, 4) is 0 Å². The summed E-state index contributed by atoms with van der Waals surface area (Å²) in [6.07, 6.45) is 6.76. The van der Waals surface area contributed by atoms with Gasteiger partial charge >= 0.3 is 5.97 Å². The Morgan fingerprint density at radius 3 is 2.69 bits per heavy atom. The van der Waals surface area contributed by atoms with Gasteiger partial charge in [-0.3, -0.25) is 4.79 Å². The monoisotopic (exact) mass is 222 g/mol. The molecule has 0 spiro atoms. The Kier molecular flexibility index (Phi) is 3.03. The fourth-order valence-corrected chi connectivity index (χ4v) is 2.36. The zero-order valence-corrected chi connectivity index (χ0v) is 8.90. The van der Waals surface area contributed by atoms with Crippen molar-refractivity contribution >= 4 is 5.97 Å². The van der Waals surface area contributed by atoms with E-state index in [1.165, 1.54) is 12.6 Å². The average molecular weight is 222 g/mol. The van der Waals surface area contributed by atoms with Gasteiger partial charge in [0.05, 0.1) is 6.20 Å². The number of nitrogens with zero attached hydrogens (tertiary/aromatic N) is 1. The number of nitrogens with one attached hydrogen (secondary N) is 1. The molecule has 0 unspecified atom stereocenters. The number of hydrogen-bond donors (Lipinski definition) is 2. The molecule has 2 N–H and O–H groups in total. The van der Waals surface area contributed by atoms with Gasteiger partial charge in [-0.15, -0.1) is 0 Å². The number of aromatic amines is 1. The highest BCUT2D eigenvalue weighted by molar-refractivity contribution is 5.88. The van der Waals surface area contributed by atoms with Gasteiger partial charge in [0.1, 0.15) is 5.56 Å². The van der Waals surface area contributed by atoms with Crippen LogP contribution in [0.15, 0.2) is 11.0 Å². The first kappa shape index (κ1) is 10.9. The summed E-state index contributed by atoms with van der Waals surface area (Å²) in [5.74, 6) is -0.987. The second kappa shape index (κ2) is 4.47. The van der Waals surface area contributed by atoms with Gasteiger partial charge in [0.2, 0.25) is 0 Å². The maximum absolute atomic E-state index is 11.4. The predicted molar refractivity (Wildman–Crippen MR) is 57.6 cm³/mol. The number of rotatable bonds is 2. The van der Waals surface area contributed by atoms with Crippen LogP contribution in [0.2, 0.25) is 0 Å². The van der Waals surface area contributed by atoms with E-state index in [1.54, 1.807) is 0 Å². The van der Waals surface area contributed by atoms with Crippen molar-refractivity contribution in [2.75, 3.05) is 0 Å². The zero-order chi connectivity index (χ0) is 11.5. The van der Waals surface area contributed by atoms with E-state index < -0.39 is 11.5 Å². The third kappa shape index (κ3) is 1.98. The van der Waals surface area contributed by atoms with Crippen LogP contribution in [-0.2, 0) is 0 Å². The molecule has 1 aliphatic rings. The molecule has 1 aromatic rings. The first-order valence-electron chi connectivity index (χ1n) is 5.51. The Hall–Kier alpha value is -1.65. The molecule has 0 aliphatic heterocycles. The molecule has 0 radical (unpaired) electrons. The van der Waals surface area contributed by atoms with Gasteiger partial charge in [-0.25, -0.2) is 9.89 Å². The summed E-state index contributed by atoms with van der Waals surface area (Å²) < 4.78 is 0. The zero-order valence-electron chi connectivity index (χ0n) is 8.90. The highest BCUT2D eigenvalue weighted by atomic mass is 16.4. The molecule has 16 heavy (non-hydrogen) atoms. The number of aromatic carboxylic acids is 1. The van der Waals surface area contributed by atoms with Gasteiger partial charge in [-0.1, -0.05) is 19.3 Å². The van der Waals surface area contributed by atoms with Crippen LogP contribution in [0.25, 0.3) is 0 Å². The molecule has 2 rings (SSSR count). The van der Waals surface area contributed by atoms with Crippen LogP contribution in [0, 0.1) is 0 Å². The Balaban J connectivity index is 2.42. The Morgan fingerprint density at radius 2 is 2.06 bits per heavy atom. The van der Waals surface area contributed by atoms with Crippen LogP contribution < -0.4 is 5.56 Å². The minimum Gasteiger partial charge on any atom is -0.477 e. The summed E-state index contributed by atoms with van der Waals surface area (Å²) >= 11 is 0. The van der Waals surface area contributed by atoms with E-state index in [1.807, 2.05) is 0 Å². The van der Waals surface area contributed by atoms with Gasteiger partial charge in [0.25, 0.3) is 5.56 Å². The van der Waals surface area contributed by atoms with E-state index in [-0.39, 0.29) is 11.5 Å². The third-order valence-corrected chi connectivity index (χ3v) is 3.14. The summed E-state index contributed by atoms with van der Waals surface area (Å²) in [5.41, 5.74) is -0.145. The van der Waals surface area contributed by atoms with Crippen molar-refractivity contribution in [1.29, 1.82) is 0 Å². The molecule has 1 fully saturated rings.